The largest absolute Gasteiger partial charge is 0.367 e. The van der Waals surface area contributed by atoms with Gasteiger partial charge in [-0.2, -0.15) is 0 Å². The van der Waals surface area contributed by atoms with Crippen LogP contribution in [0.25, 0.3) is 0 Å². The number of nitrogens with zero attached hydrogens (tertiary/aromatic N) is 1. The van der Waals surface area contributed by atoms with E-state index in [-0.39, 0.29) is 11.9 Å². The molecule has 1 atom stereocenters. The summed E-state index contributed by atoms with van der Waals surface area (Å²) in [7, 11) is -0.737. The van der Waals surface area contributed by atoms with Crippen LogP contribution in [0.5, 0.6) is 0 Å². The van der Waals surface area contributed by atoms with Gasteiger partial charge in [0.1, 0.15) is 5.82 Å². The van der Waals surface area contributed by atoms with E-state index < -0.39 is 10.8 Å². The van der Waals surface area contributed by atoms with Crippen LogP contribution in [0.1, 0.15) is 18.5 Å². The molecule has 5 heteroatoms. The maximum Gasteiger partial charge on any atom is 0.146 e. The molecule has 2 N–H and O–H groups in total. The minimum Gasteiger partial charge on any atom is -0.367 e. The van der Waals surface area contributed by atoms with Crippen LogP contribution in [-0.4, -0.2) is 28.8 Å². The molecule has 0 aliphatic carbocycles. The van der Waals surface area contributed by atoms with Crippen LogP contribution in [0.15, 0.2) is 18.2 Å². The van der Waals surface area contributed by atoms with Gasteiger partial charge in [0.05, 0.1) is 5.69 Å². The van der Waals surface area contributed by atoms with E-state index >= 15 is 0 Å². The Morgan fingerprint density at radius 1 is 1.41 bits per heavy atom. The number of hydrogen-bond acceptors (Lipinski definition) is 3. The molecule has 1 aliphatic rings. The summed E-state index contributed by atoms with van der Waals surface area (Å²) in [6.45, 7) is 3.14. The lowest BCUT2D eigenvalue weighted by molar-refractivity contribution is 0.612. The summed E-state index contributed by atoms with van der Waals surface area (Å²) < 4.78 is 25.2. The molecular weight excluding hydrogens is 239 g/mol. The zero-order chi connectivity index (χ0) is 12.4. The molecule has 2 rings (SSSR count). The van der Waals surface area contributed by atoms with Gasteiger partial charge < -0.3 is 10.6 Å². The molecule has 0 saturated carbocycles. The predicted octanol–water partition coefficient (Wildman–Crippen LogP) is 1.41. The number of nitrogens with two attached hydrogens (primary N) is 1. The van der Waals surface area contributed by atoms with Crippen LogP contribution in [0.2, 0.25) is 0 Å². The molecule has 1 aliphatic heterocycles. The maximum absolute atomic E-state index is 13.9. The second-order valence-electron chi connectivity index (χ2n) is 4.33. The van der Waals surface area contributed by atoms with E-state index in [0.717, 1.165) is 5.56 Å². The Kier molecular flexibility index (Phi) is 3.79. The summed E-state index contributed by atoms with van der Waals surface area (Å²) in [5, 5.41) is 0. The normalized spacial score (nSPS) is 19.4. The average Bonchev–Trinajstić information content (AvgIpc) is 2.30. The summed E-state index contributed by atoms with van der Waals surface area (Å²) in [5.74, 6) is 0.996. The minimum atomic E-state index is -0.737. The monoisotopic (exact) mass is 256 g/mol. The minimum absolute atomic E-state index is 0.160. The fourth-order valence-corrected chi connectivity index (χ4v) is 2.99. The first-order valence-corrected chi connectivity index (χ1v) is 7.21. The van der Waals surface area contributed by atoms with Gasteiger partial charge in [-0.25, -0.2) is 4.39 Å². The van der Waals surface area contributed by atoms with Crippen molar-refractivity contribution in [2.75, 3.05) is 29.5 Å². The molecule has 0 bridgehead atoms. The highest BCUT2D eigenvalue weighted by molar-refractivity contribution is 7.85. The number of benzene rings is 1. The van der Waals surface area contributed by atoms with Crippen molar-refractivity contribution in [2.24, 2.45) is 5.73 Å². The number of anilines is 1. The third-order valence-electron chi connectivity index (χ3n) is 3.02. The highest BCUT2D eigenvalue weighted by Gasteiger charge is 2.18. The van der Waals surface area contributed by atoms with Crippen molar-refractivity contribution >= 4 is 16.5 Å². The average molecular weight is 256 g/mol. The highest BCUT2D eigenvalue weighted by Crippen LogP contribution is 2.23. The molecule has 0 radical (unpaired) electrons. The fourth-order valence-electron chi connectivity index (χ4n) is 1.94. The second kappa shape index (κ2) is 5.14. The van der Waals surface area contributed by atoms with E-state index in [4.69, 9.17) is 5.73 Å². The van der Waals surface area contributed by atoms with Crippen molar-refractivity contribution in [2.45, 2.75) is 13.0 Å². The SMILES string of the molecule is C[C@@H](N)c1ccc(N2CCS(=O)CC2)c(F)c1. The standard InChI is InChI=1S/C12H17FN2OS/c1-9(14)10-2-3-12(11(13)8-10)15-4-6-17(16)7-5-15/h2-3,8-9H,4-7,14H2,1H3/t9-/m1/s1. The summed E-state index contributed by atoms with van der Waals surface area (Å²) in [5.41, 5.74) is 7.10. The first kappa shape index (κ1) is 12.5. The first-order chi connectivity index (χ1) is 8.08. The molecule has 1 aromatic rings. The molecule has 0 unspecified atom stereocenters. The van der Waals surface area contributed by atoms with Gasteiger partial charge in [0.2, 0.25) is 0 Å². The smallest absolute Gasteiger partial charge is 0.146 e. The topological polar surface area (TPSA) is 46.3 Å². The predicted molar refractivity (Wildman–Crippen MR) is 69.1 cm³/mol. The lowest BCUT2D eigenvalue weighted by Crippen LogP contribution is -2.38. The molecule has 0 spiro atoms. The Balaban J connectivity index is 2.19. The molecule has 0 aromatic heterocycles. The van der Waals surface area contributed by atoms with Crippen molar-refractivity contribution < 1.29 is 8.60 Å². The van der Waals surface area contributed by atoms with Crippen LogP contribution >= 0.6 is 0 Å². The van der Waals surface area contributed by atoms with Crippen LogP contribution < -0.4 is 10.6 Å². The van der Waals surface area contributed by atoms with Gasteiger partial charge in [-0.1, -0.05) is 6.07 Å². The van der Waals surface area contributed by atoms with Crippen LogP contribution in [-0.2, 0) is 10.8 Å². The van der Waals surface area contributed by atoms with E-state index in [9.17, 15) is 8.60 Å². The van der Waals surface area contributed by atoms with E-state index in [1.807, 2.05) is 17.9 Å². The Morgan fingerprint density at radius 3 is 2.59 bits per heavy atom. The van der Waals surface area contributed by atoms with Gasteiger partial charge in [0.15, 0.2) is 0 Å². The highest BCUT2D eigenvalue weighted by atomic mass is 32.2. The van der Waals surface area contributed by atoms with E-state index in [1.165, 1.54) is 6.07 Å². The zero-order valence-corrected chi connectivity index (χ0v) is 10.7. The first-order valence-electron chi connectivity index (χ1n) is 5.73. The lowest BCUT2D eigenvalue weighted by Gasteiger charge is -2.29. The molecule has 94 valence electrons. The summed E-state index contributed by atoms with van der Waals surface area (Å²) in [6.07, 6.45) is 0. The van der Waals surface area contributed by atoms with Gasteiger partial charge in [0.25, 0.3) is 0 Å². The fraction of sp³-hybridized carbons (Fsp3) is 0.500. The van der Waals surface area contributed by atoms with Crippen molar-refractivity contribution in [1.29, 1.82) is 0 Å². The Labute approximate surface area is 103 Å². The van der Waals surface area contributed by atoms with Crippen molar-refractivity contribution in [3.8, 4) is 0 Å². The number of halogens is 1. The molecule has 17 heavy (non-hydrogen) atoms. The van der Waals surface area contributed by atoms with Gasteiger partial charge in [-0.3, -0.25) is 4.21 Å². The summed E-state index contributed by atoms with van der Waals surface area (Å²) in [6, 6.07) is 4.95. The molecule has 1 heterocycles. The van der Waals surface area contributed by atoms with Crippen molar-refractivity contribution in [3.63, 3.8) is 0 Å². The van der Waals surface area contributed by atoms with Crippen LogP contribution in [0.3, 0.4) is 0 Å². The third-order valence-corrected chi connectivity index (χ3v) is 4.29. The van der Waals surface area contributed by atoms with Crippen molar-refractivity contribution in [3.05, 3.63) is 29.6 Å². The molecule has 1 aromatic carbocycles. The Hall–Kier alpha value is -0.940. The van der Waals surface area contributed by atoms with E-state index in [2.05, 4.69) is 0 Å². The molecule has 1 saturated heterocycles. The summed E-state index contributed by atoms with van der Waals surface area (Å²) in [4.78, 5) is 1.95. The van der Waals surface area contributed by atoms with Gasteiger partial charge in [-0.05, 0) is 24.6 Å². The molecule has 3 nitrogen and oxygen atoms in total. The van der Waals surface area contributed by atoms with E-state index in [0.29, 0.717) is 30.3 Å². The maximum atomic E-state index is 13.9. The van der Waals surface area contributed by atoms with Gasteiger partial charge in [0, 0.05) is 41.4 Å². The van der Waals surface area contributed by atoms with Crippen molar-refractivity contribution in [1.82, 2.24) is 0 Å². The van der Waals surface area contributed by atoms with Crippen LogP contribution in [0.4, 0.5) is 10.1 Å². The van der Waals surface area contributed by atoms with Crippen LogP contribution in [0, 0.1) is 5.82 Å². The number of rotatable bonds is 2. The zero-order valence-electron chi connectivity index (χ0n) is 9.86. The second-order valence-corrected chi connectivity index (χ2v) is 6.03. The Morgan fingerprint density at radius 2 is 2.06 bits per heavy atom. The summed E-state index contributed by atoms with van der Waals surface area (Å²) >= 11 is 0. The van der Waals surface area contributed by atoms with E-state index in [1.54, 1.807) is 6.07 Å². The van der Waals surface area contributed by atoms with Gasteiger partial charge in [-0.15, -0.1) is 0 Å². The lowest BCUT2D eigenvalue weighted by atomic mass is 10.1. The third kappa shape index (κ3) is 2.84. The quantitative estimate of drug-likeness (QED) is 0.870. The molecule has 1 fully saturated rings. The number of hydrogen-bond donors (Lipinski definition) is 1. The molecule has 0 amide bonds. The van der Waals surface area contributed by atoms with Gasteiger partial charge >= 0.3 is 0 Å². The Bertz CT molecular complexity index is 427. The molecular formula is C12H17FN2OS.